The molecule has 0 bridgehead atoms. The average Bonchev–Trinajstić information content (AvgIpc) is 2.11. The van der Waals surface area contributed by atoms with E-state index in [2.05, 4.69) is 21.0 Å². The molecule has 2 nitrogen and oxygen atoms in total. The summed E-state index contributed by atoms with van der Waals surface area (Å²) in [5.41, 5.74) is 0.820. The fourth-order valence-corrected chi connectivity index (χ4v) is 0.712. The normalized spacial score (nSPS) is 17.0. The van der Waals surface area contributed by atoms with Gasteiger partial charge in [-0.15, -0.1) is 0 Å². The predicted molar refractivity (Wildman–Crippen MR) is 35.6 cm³/mol. The molecule has 0 aliphatic rings. The van der Waals surface area contributed by atoms with Crippen molar-refractivity contribution in [2.45, 2.75) is 6.92 Å². The Bertz CT molecular complexity index is 246. The van der Waals surface area contributed by atoms with E-state index in [0.717, 1.165) is 10.2 Å². The summed E-state index contributed by atoms with van der Waals surface area (Å²) in [6, 6.07) is 0. The van der Waals surface area contributed by atoms with Crippen LogP contribution in [0.15, 0.2) is 10.8 Å². The zero-order valence-electron chi connectivity index (χ0n) is 7.35. The second-order valence-electron chi connectivity index (χ2n) is 1.55. The SMILES string of the molecule is [2H]C([2H])([2H])n1cc(C)c(Br)n1. The highest BCUT2D eigenvalue weighted by Gasteiger charge is 1.94. The fourth-order valence-electron chi connectivity index (χ4n) is 0.439. The molecule has 0 aliphatic heterocycles. The van der Waals surface area contributed by atoms with Gasteiger partial charge in [-0.25, -0.2) is 0 Å². The highest BCUT2D eigenvalue weighted by atomic mass is 79.9. The number of aromatic nitrogens is 2. The lowest BCUT2D eigenvalue weighted by Gasteiger charge is -1.78. The maximum atomic E-state index is 7.00. The molecule has 44 valence electrons. The molecule has 0 atom stereocenters. The Morgan fingerprint density at radius 3 is 3.00 bits per heavy atom. The van der Waals surface area contributed by atoms with Crippen LogP contribution in [0.4, 0.5) is 0 Å². The topological polar surface area (TPSA) is 17.8 Å². The van der Waals surface area contributed by atoms with Crippen molar-refractivity contribution >= 4 is 15.9 Å². The minimum atomic E-state index is -2.17. The lowest BCUT2D eigenvalue weighted by atomic mass is 10.4. The lowest BCUT2D eigenvalue weighted by Crippen LogP contribution is -1.84. The third-order valence-corrected chi connectivity index (χ3v) is 1.62. The van der Waals surface area contributed by atoms with E-state index in [1.54, 1.807) is 6.92 Å². The van der Waals surface area contributed by atoms with E-state index in [1.165, 1.54) is 6.20 Å². The average molecular weight is 178 g/mol. The van der Waals surface area contributed by atoms with Crippen LogP contribution in [-0.4, -0.2) is 9.78 Å². The van der Waals surface area contributed by atoms with Crippen LogP contribution in [0, 0.1) is 6.92 Å². The Morgan fingerprint density at radius 2 is 2.75 bits per heavy atom. The summed E-state index contributed by atoms with van der Waals surface area (Å²) in [5.74, 6) is 0. The van der Waals surface area contributed by atoms with Gasteiger partial charge in [0.05, 0.1) is 0 Å². The van der Waals surface area contributed by atoms with Gasteiger partial charge >= 0.3 is 0 Å². The molecule has 0 N–H and O–H groups in total. The molecular formula is C5H7BrN2. The molecule has 0 aliphatic carbocycles. The van der Waals surface area contributed by atoms with Crippen LogP contribution < -0.4 is 0 Å². The summed E-state index contributed by atoms with van der Waals surface area (Å²) in [6.45, 7) is -0.379. The molecule has 0 radical (unpaired) electrons. The van der Waals surface area contributed by atoms with Crippen molar-refractivity contribution in [3.63, 3.8) is 0 Å². The summed E-state index contributed by atoms with van der Waals surface area (Å²) in [5, 5.41) is 3.75. The van der Waals surface area contributed by atoms with Gasteiger partial charge in [0.15, 0.2) is 0 Å². The van der Waals surface area contributed by atoms with Gasteiger partial charge in [0.25, 0.3) is 0 Å². The second kappa shape index (κ2) is 1.90. The first-order chi connectivity index (χ1) is 4.91. The predicted octanol–water partition coefficient (Wildman–Crippen LogP) is 1.49. The molecule has 0 saturated heterocycles. The molecule has 0 amide bonds. The number of nitrogens with zero attached hydrogens (tertiary/aromatic N) is 2. The van der Waals surface area contributed by atoms with Gasteiger partial charge in [0, 0.05) is 22.8 Å². The van der Waals surface area contributed by atoms with Gasteiger partial charge in [-0.05, 0) is 22.9 Å². The molecular weight excluding hydrogens is 168 g/mol. The summed E-state index contributed by atoms with van der Waals surface area (Å²) >= 11 is 3.13. The summed E-state index contributed by atoms with van der Waals surface area (Å²) in [4.78, 5) is 0. The quantitative estimate of drug-likeness (QED) is 0.588. The number of rotatable bonds is 0. The number of aryl methyl sites for hydroxylation is 2. The lowest BCUT2D eigenvalue weighted by molar-refractivity contribution is 0.760. The molecule has 8 heavy (non-hydrogen) atoms. The van der Waals surface area contributed by atoms with E-state index in [-0.39, 0.29) is 0 Å². The molecule has 1 aromatic rings. The molecule has 1 heterocycles. The van der Waals surface area contributed by atoms with Crippen LogP contribution in [0.5, 0.6) is 0 Å². The van der Waals surface area contributed by atoms with E-state index >= 15 is 0 Å². The number of hydrogen-bond donors (Lipinski definition) is 0. The van der Waals surface area contributed by atoms with Crippen molar-refractivity contribution in [1.82, 2.24) is 9.78 Å². The van der Waals surface area contributed by atoms with Crippen molar-refractivity contribution in [3.05, 3.63) is 16.4 Å². The monoisotopic (exact) mass is 177 g/mol. The minimum Gasteiger partial charge on any atom is -0.274 e. The van der Waals surface area contributed by atoms with Crippen molar-refractivity contribution in [1.29, 1.82) is 0 Å². The van der Waals surface area contributed by atoms with Crippen LogP contribution in [-0.2, 0) is 6.98 Å². The second-order valence-corrected chi connectivity index (χ2v) is 2.30. The zero-order valence-corrected chi connectivity index (χ0v) is 5.94. The largest absolute Gasteiger partial charge is 0.274 e. The summed E-state index contributed by atoms with van der Waals surface area (Å²) in [6.07, 6.45) is 1.48. The Balaban J connectivity index is 3.08. The molecule has 3 heteroatoms. The molecule has 0 aromatic carbocycles. The number of hydrogen-bond acceptors (Lipinski definition) is 1. The Hall–Kier alpha value is -0.310. The molecule has 1 rings (SSSR count). The van der Waals surface area contributed by atoms with Crippen molar-refractivity contribution in [3.8, 4) is 0 Å². The fraction of sp³-hybridized carbons (Fsp3) is 0.400. The summed E-state index contributed by atoms with van der Waals surface area (Å²) in [7, 11) is 0. The maximum absolute atomic E-state index is 7.00. The van der Waals surface area contributed by atoms with Crippen LogP contribution in [0.25, 0.3) is 0 Å². The van der Waals surface area contributed by atoms with E-state index in [0.29, 0.717) is 4.60 Å². The number of halogens is 1. The smallest absolute Gasteiger partial charge is 0.131 e. The van der Waals surface area contributed by atoms with Crippen LogP contribution in [0.3, 0.4) is 0 Å². The van der Waals surface area contributed by atoms with Crippen LogP contribution in [0.2, 0.25) is 0 Å². The zero-order chi connectivity index (χ0) is 8.65. The molecule has 0 unspecified atom stereocenters. The van der Waals surface area contributed by atoms with Gasteiger partial charge in [-0.1, -0.05) is 0 Å². The Morgan fingerprint density at radius 1 is 2.00 bits per heavy atom. The Labute approximate surface area is 60.9 Å². The van der Waals surface area contributed by atoms with Gasteiger partial charge in [-0.2, -0.15) is 5.10 Å². The van der Waals surface area contributed by atoms with Crippen LogP contribution >= 0.6 is 15.9 Å². The highest BCUT2D eigenvalue weighted by molar-refractivity contribution is 9.10. The highest BCUT2D eigenvalue weighted by Crippen LogP contribution is 2.10. The van der Waals surface area contributed by atoms with Crippen molar-refractivity contribution in [2.75, 3.05) is 0 Å². The third kappa shape index (κ3) is 0.916. The first-order valence-corrected chi connectivity index (χ1v) is 2.93. The molecule has 0 fully saturated rings. The standard InChI is InChI=1S/C5H7BrN2/c1-4-3-8(2)7-5(4)6/h3H,1-2H3/i2D3. The first-order valence-electron chi connectivity index (χ1n) is 3.63. The molecule has 0 spiro atoms. The van der Waals surface area contributed by atoms with Gasteiger partial charge in [0.1, 0.15) is 4.60 Å². The molecule has 0 saturated carbocycles. The summed E-state index contributed by atoms with van der Waals surface area (Å²) < 4.78 is 22.5. The third-order valence-electron chi connectivity index (χ3n) is 0.837. The van der Waals surface area contributed by atoms with Crippen molar-refractivity contribution < 1.29 is 4.11 Å². The minimum absolute atomic E-state index is 0.577. The van der Waals surface area contributed by atoms with Gasteiger partial charge in [-0.3, -0.25) is 4.68 Å². The van der Waals surface area contributed by atoms with Crippen molar-refractivity contribution in [2.24, 2.45) is 6.98 Å². The van der Waals surface area contributed by atoms with Crippen LogP contribution in [0.1, 0.15) is 9.68 Å². The van der Waals surface area contributed by atoms with E-state index in [9.17, 15) is 0 Å². The van der Waals surface area contributed by atoms with E-state index < -0.39 is 6.98 Å². The maximum Gasteiger partial charge on any atom is 0.131 e. The van der Waals surface area contributed by atoms with Gasteiger partial charge < -0.3 is 0 Å². The van der Waals surface area contributed by atoms with Gasteiger partial charge in [0.2, 0.25) is 0 Å². The Kier molecular flexibility index (Phi) is 0.714. The molecule has 1 aromatic heterocycles. The van der Waals surface area contributed by atoms with E-state index in [1.807, 2.05) is 0 Å². The van der Waals surface area contributed by atoms with E-state index in [4.69, 9.17) is 4.11 Å². The first kappa shape index (κ1) is 3.01.